The molecule has 0 aliphatic heterocycles. The highest BCUT2D eigenvalue weighted by Gasteiger charge is 2.19. The van der Waals surface area contributed by atoms with Crippen LogP contribution in [-0.2, 0) is 0 Å². The summed E-state index contributed by atoms with van der Waals surface area (Å²) in [4.78, 5) is 11.4. The molecule has 78 valence electrons. The molecule has 0 fully saturated rings. The molecule has 0 aliphatic rings. The Bertz CT molecular complexity index is 329. The molecule has 14 heavy (non-hydrogen) atoms. The average Bonchev–Trinajstić information content (AvgIpc) is 2.50. The van der Waals surface area contributed by atoms with Crippen LogP contribution in [0.3, 0.4) is 0 Å². The maximum absolute atomic E-state index is 11.0. The van der Waals surface area contributed by atoms with Crippen LogP contribution in [0.25, 0.3) is 0 Å². The SMILES string of the molecule is CCC(CC)c1cc(Br)sc1C(=O)O. The number of carbonyl (C=O) groups is 1. The smallest absolute Gasteiger partial charge is 0.346 e. The number of hydrogen-bond donors (Lipinski definition) is 1. The summed E-state index contributed by atoms with van der Waals surface area (Å²) in [6.45, 7) is 4.18. The first-order valence-electron chi connectivity index (χ1n) is 4.62. The van der Waals surface area contributed by atoms with Crippen molar-refractivity contribution < 1.29 is 9.90 Å². The van der Waals surface area contributed by atoms with E-state index in [0.29, 0.717) is 10.8 Å². The van der Waals surface area contributed by atoms with Crippen molar-refractivity contribution >= 4 is 33.2 Å². The Morgan fingerprint density at radius 1 is 1.57 bits per heavy atom. The van der Waals surface area contributed by atoms with E-state index in [1.807, 2.05) is 6.07 Å². The van der Waals surface area contributed by atoms with Gasteiger partial charge < -0.3 is 5.11 Å². The third kappa shape index (κ3) is 2.36. The summed E-state index contributed by atoms with van der Waals surface area (Å²) in [5, 5.41) is 9.01. The lowest BCUT2D eigenvalue weighted by Crippen LogP contribution is -2.02. The molecule has 0 aromatic carbocycles. The molecule has 0 unspecified atom stereocenters. The van der Waals surface area contributed by atoms with Crippen molar-refractivity contribution in [2.24, 2.45) is 0 Å². The van der Waals surface area contributed by atoms with Gasteiger partial charge in [-0.3, -0.25) is 0 Å². The van der Waals surface area contributed by atoms with Gasteiger partial charge in [-0.05, 0) is 46.3 Å². The summed E-state index contributed by atoms with van der Waals surface area (Å²) in [5.41, 5.74) is 0.972. The molecule has 0 spiro atoms. The largest absolute Gasteiger partial charge is 0.477 e. The molecule has 0 bridgehead atoms. The molecule has 4 heteroatoms. The van der Waals surface area contributed by atoms with Crippen molar-refractivity contribution in [2.45, 2.75) is 32.6 Å². The number of carboxylic acid groups (broad SMARTS) is 1. The zero-order valence-electron chi connectivity index (χ0n) is 8.21. The molecular formula is C10H13BrO2S. The molecule has 1 rings (SSSR count). The number of thiophene rings is 1. The Balaban J connectivity index is 3.11. The normalized spacial score (nSPS) is 10.9. The van der Waals surface area contributed by atoms with Gasteiger partial charge in [-0.1, -0.05) is 13.8 Å². The van der Waals surface area contributed by atoms with Gasteiger partial charge in [-0.25, -0.2) is 4.79 Å². The van der Waals surface area contributed by atoms with E-state index in [4.69, 9.17) is 5.11 Å². The van der Waals surface area contributed by atoms with Crippen molar-refractivity contribution in [3.8, 4) is 0 Å². The molecule has 0 atom stereocenters. The predicted molar refractivity (Wildman–Crippen MR) is 62.3 cm³/mol. The van der Waals surface area contributed by atoms with Gasteiger partial charge in [-0.15, -0.1) is 11.3 Å². The first kappa shape index (κ1) is 11.7. The lowest BCUT2D eigenvalue weighted by atomic mass is 9.94. The van der Waals surface area contributed by atoms with Gasteiger partial charge in [0.1, 0.15) is 4.88 Å². The minimum absolute atomic E-state index is 0.364. The minimum Gasteiger partial charge on any atom is -0.477 e. The van der Waals surface area contributed by atoms with E-state index in [1.165, 1.54) is 11.3 Å². The van der Waals surface area contributed by atoms with Crippen LogP contribution in [0.1, 0.15) is 47.8 Å². The summed E-state index contributed by atoms with van der Waals surface area (Å²) in [6, 6.07) is 1.94. The molecule has 0 radical (unpaired) electrons. The van der Waals surface area contributed by atoms with Crippen LogP contribution in [0, 0.1) is 0 Å². The number of rotatable bonds is 4. The summed E-state index contributed by atoms with van der Waals surface area (Å²) >= 11 is 4.63. The molecule has 1 aromatic heterocycles. The predicted octanol–water partition coefficient (Wildman–Crippen LogP) is 4.11. The fourth-order valence-electron chi connectivity index (χ4n) is 1.57. The van der Waals surface area contributed by atoms with Crippen LogP contribution in [-0.4, -0.2) is 11.1 Å². The third-order valence-electron chi connectivity index (χ3n) is 2.35. The van der Waals surface area contributed by atoms with Crippen LogP contribution >= 0.6 is 27.3 Å². The van der Waals surface area contributed by atoms with Crippen LogP contribution in [0.15, 0.2) is 9.85 Å². The van der Waals surface area contributed by atoms with E-state index in [-0.39, 0.29) is 0 Å². The van der Waals surface area contributed by atoms with E-state index in [0.717, 1.165) is 22.2 Å². The summed E-state index contributed by atoms with van der Waals surface area (Å²) in [5.74, 6) is -0.453. The zero-order chi connectivity index (χ0) is 10.7. The second kappa shape index (κ2) is 4.94. The molecule has 2 nitrogen and oxygen atoms in total. The van der Waals surface area contributed by atoms with Gasteiger partial charge >= 0.3 is 5.97 Å². The Morgan fingerprint density at radius 2 is 2.14 bits per heavy atom. The van der Waals surface area contributed by atoms with E-state index < -0.39 is 5.97 Å². The van der Waals surface area contributed by atoms with Gasteiger partial charge in [0.15, 0.2) is 0 Å². The number of carboxylic acids is 1. The summed E-state index contributed by atoms with van der Waals surface area (Å²) in [6.07, 6.45) is 1.97. The molecule has 0 saturated carbocycles. The second-order valence-electron chi connectivity index (χ2n) is 3.15. The molecule has 0 amide bonds. The third-order valence-corrected chi connectivity index (χ3v) is 3.99. The average molecular weight is 277 g/mol. The molecule has 0 aliphatic carbocycles. The molecule has 1 aromatic rings. The first-order chi connectivity index (χ1) is 6.60. The van der Waals surface area contributed by atoms with E-state index in [9.17, 15) is 4.79 Å². The summed E-state index contributed by atoms with van der Waals surface area (Å²) in [7, 11) is 0. The Labute approximate surface area is 96.1 Å². The monoisotopic (exact) mass is 276 g/mol. The number of aromatic carboxylic acids is 1. The highest BCUT2D eigenvalue weighted by molar-refractivity contribution is 9.11. The second-order valence-corrected chi connectivity index (χ2v) is 5.58. The van der Waals surface area contributed by atoms with Gasteiger partial charge in [0, 0.05) is 0 Å². The molecule has 1 heterocycles. The van der Waals surface area contributed by atoms with Crippen LogP contribution in [0.5, 0.6) is 0 Å². The van der Waals surface area contributed by atoms with Crippen LogP contribution in [0.2, 0.25) is 0 Å². The maximum Gasteiger partial charge on any atom is 0.346 e. The van der Waals surface area contributed by atoms with Crippen molar-refractivity contribution in [2.75, 3.05) is 0 Å². The van der Waals surface area contributed by atoms with Crippen molar-refractivity contribution in [3.05, 3.63) is 20.3 Å². The maximum atomic E-state index is 11.0. The van der Waals surface area contributed by atoms with Crippen molar-refractivity contribution in [3.63, 3.8) is 0 Å². The highest BCUT2D eigenvalue weighted by Crippen LogP contribution is 2.35. The lowest BCUT2D eigenvalue weighted by Gasteiger charge is -2.11. The van der Waals surface area contributed by atoms with Gasteiger partial charge in [0.2, 0.25) is 0 Å². The topological polar surface area (TPSA) is 37.3 Å². The lowest BCUT2D eigenvalue weighted by molar-refractivity contribution is 0.0700. The highest BCUT2D eigenvalue weighted by atomic mass is 79.9. The van der Waals surface area contributed by atoms with Gasteiger partial charge in [0.25, 0.3) is 0 Å². The van der Waals surface area contributed by atoms with E-state index in [1.54, 1.807) is 0 Å². The fraction of sp³-hybridized carbons (Fsp3) is 0.500. The van der Waals surface area contributed by atoms with Crippen molar-refractivity contribution in [1.29, 1.82) is 0 Å². The molecule has 1 N–H and O–H groups in total. The number of halogens is 1. The summed E-state index contributed by atoms with van der Waals surface area (Å²) < 4.78 is 0.900. The number of hydrogen-bond acceptors (Lipinski definition) is 2. The van der Waals surface area contributed by atoms with Crippen LogP contribution < -0.4 is 0 Å². The zero-order valence-corrected chi connectivity index (χ0v) is 10.6. The standard InChI is InChI=1S/C10H13BrO2S/c1-3-6(4-2)7-5-8(11)14-9(7)10(12)13/h5-6H,3-4H2,1-2H3,(H,12,13). The Hall–Kier alpha value is -0.350. The van der Waals surface area contributed by atoms with Gasteiger partial charge in [0.05, 0.1) is 3.79 Å². The Morgan fingerprint density at radius 3 is 2.57 bits per heavy atom. The van der Waals surface area contributed by atoms with E-state index in [2.05, 4.69) is 29.8 Å². The molecular weight excluding hydrogens is 264 g/mol. The quantitative estimate of drug-likeness (QED) is 0.899. The first-order valence-corrected chi connectivity index (χ1v) is 6.23. The van der Waals surface area contributed by atoms with Crippen molar-refractivity contribution in [1.82, 2.24) is 0 Å². The van der Waals surface area contributed by atoms with E-state index >= 15 is 0 Å². The fourth-order valence-corrected chi connectivity index (χ4v) is 3.12. The van der Waals surface area contributed by atoms with Gasteiger partial charge in [-0.2, -0.15) is 0 Å². The minimum atomic E-state index is -0.817. The molecule has 0 saturated heterocycles. The van der Waals surface area contributed by atoms with Crippen LogP contribution in [0.4, 0.5) is 0 Å². The Kier molecular flexibility index (Phi) is 4.13.